The van der Waals surface area contributed by atoms with E-state index in [2.05, 4.69) is 53.2 Å². The topological polar surface area (TPSA) is 43.2 Å². The molecule has 1 aromatic carbocycles. The average Bonchev–Trinajstić information content (AvgIpc) is 3.19. The number of thiophene rings is 1. The fraction of sp³-hybridized carbons (Fsp3) is 0.333. The molecule has 3 aromatic rings. The molecule has 6 heteroatoms. The van der Waals surface area contributed by atoms with Gasteiger partial charge in [0, 0.05) is 28.4 Å². The molecule has 0 N–H and O–H groups in total. The smallest absolute Gasteiger partial charge is 0.137 e. The standard InChI is InChI=1S/C18H22N4OS/c1-14-4-6-17(24-14)11-21(2)9-15-5-7-18(23-3)16(8-15)10-22-13-19-12-20-22/h4-8,12-13H,9-11H2,1-3H3. The summed E-state index contributed by atoms with van der Waals surface area (Å²) >= 11 is 1.86. The van der Waals surface area contributed by atoms with Crippen molar-refractivity contribution >= 4 is 11.3 Å². The van der Waals surface area contributed by atoms with Crippen LogP contribution in [0.2, 0.25) is 0 Å². The zero-order valence-electron chi connectivity index (χ0n) is 14.3. The molecule has 0 radical (unpaired) electrons. The number of ether oxygens (including phenoxy) is 1. The minimum atomic E-state index is 0.658. The molecule has 0 aliphatic rings. The van der Waals surface area contributed by atoms with Crippen molar-refractivity contribution in [2.45, 2.75) is 26.6 Å². The third-order valence-corrected chi connectivity index (χ3v) is 4.80. The Morgan fingerprint density at radius 3 is 2.75 bits per heavy atom. The lowest BCUT2D eigenvalue weighted by molar-refractivity contribution is 0.321. The van der Waals surface area contributed by atoms with E-state index in [4.69, 9.17) is 4.74 Å². The van der Waals surface area contributed by atoms with Crippen LogP contribution in [0.25, 0.3) is 0 Å². The number of rotatable bonds is 7. The maximum absolute atomic E-state index is 5.48. The van der Waals surface area contributed by atoms with Gasteiger partial charge < -0.3 is 4.74 Å². The van der Waals surface area contributed by atoms with E-state index in [1.807, 2.05) is 17.4 Å². The molecular weight excluding hydrogens is 320 g/mol. The number of methoxy groups -OCH3 is 1. The highest BCUT2D eigenvalue weighted by molar-refractivity contribution is 7.11. The van der Waals surface area contributed by atoms with Gasteiger partial charge in [-0.15, -0.1) is 11.3 Å². The second kappa shape index (κ2) is 7.59. The molecule has 5 nitrogen and oxygen atoms in total. The number of hydrogen-bond donors (Lipinski definition) is 0. The normalized spacial score (nSPS) is 11.2. The van der Waals surface area contributed by atoms with E-state index in [9.17, 15) is 0 Å². The summed E-state index contributed by atoms with van der Waals surface area (Å²) in [5.41, 5.74) is 2.38. The molecule has 24 heavy (non-hydrogen) atoms. The first-order valence-corrected chi connectivity index (χ1v) is 8.68. The minimum absolute atomic E-state index is 0.658. The highest BCUT2D eigenvalue weighted by atomic mass is 32.1. The number of aryl methyl sites for hydroxylation is 1. The van der Waals surface area contributed by atoms with Crippen LogP contribution in [0.1, 0.15) is 20.9 Å². The Bertz CT molecular complexity index is 782. The van der Waals surface area contributed by atoms with Crippen molar-refractivity contribution in [1.29, 1.82) is 0 Å². The summed E-state index contributed by atoms with van der Waals surface area (Å²) in [5.74, 6) is 0.880. The van der Waals surface area contributed by atoms with E-state index in [1.165, 1.54) is 15.3 Å². The molecule has 0 atom stereocenters. The molecule has 2 heterocycles. The quantitative estimate of drug-likeness (QED) is 0.660. The lowest BCUT2D eigenvalue weighted by Gasteiger charge is -2.17. The average molecular weight is 342 g/mol. The van der Waals surface area contributed by atoms with Crippen molar-refractivity contribution in [3.8, 4) is 5.75 Å². The second-order valence-corrected chi connectivity index (χ2v) is 7.30. The number of aromatic nitrogens is 3. The fourth-order valence-electron chi connectivity index (χ4n) is 2.75. The molecule has 0 amide bonds. The first kappa shape index (κ1) is 16.7. The van der Waals surface area contributed by atoms with E-state index in [0.717, 1.165) is 24.4 Å². The van der Waals surface area contributed by atoms with Crippen molar-refractivity contribution in [2.75, 3.05) is 14.2 Å². The molecule has 0 aliphatic heterocycles. The predicted molar refractivity (Wildman–Crippen MR) is 96.3 cm³/mol. The van der Waals surface area contributed by atoms with Crippen LogP contribution in [0.5, 0.6) is 5.75 Å². The van der Waals surface area contributed by atoms with Gasteiger partial charge in [-0.1, -0.05) is 6.07 Å². The molecule has 0 bridgehead atoms. The van der Waals surface area contributed by atoms with Crippen molar-refractivity contribution in [3.05, 3.63) is 63.9 Å². The molecule has 0 fully saturated rings. The van der Waals surface area contributed by atoms with E-state index >= 15 is 0 Å². The minimum Gasteiger partial charge on any atom is -0.496 e. The summed E-state index contributed by atoms with van der Waals surface area (Å²) in [4.78, 5) is 9.08. The highest BCUT2D eigenvalue weighted by Crippen LogP contribution is 2.22. The van der Waals surface area contributed by atoms with Crippen LogP contribution in [0.3, 0.4) is 0 Å². The van der Waals surface area contributed by atoms with Crippen LogP contribution in [0, 0.1) is 6.92 Å². The number of nitrogens with zero attached hydrogens (tertiary/aromatic N) is 4. The first-order chi connectivity index (χ1) is 11.6. The van der Waals surface area contributed by atoms with Crippen molar-refractivity contribution in [3.63, 3.8) is 0 Å². The van der Waals surface area contributed by atoms with Crippen LogP contribution in [-0.4, -0.2) is 33.8 Å². The number of hydrogen-bond acceptors (Lipinski definition) is 5. The van der Waals surface area contributed by atoms with Gasteiger partial charge in [-0.3, -0.25) is 4.90 Å². The van der Waals surface area contributed by atoms with Gasteiger partial charge in [-0.2, -0.15) is 5.10 Å². The molecule has 0 saturated heterocycles. The van der Waals surface area contributed by atoms with E-state index in [1.54, 1.807) is 24.4 Å². The Labute approximate surface area is 146 Å². The Hall–Kier alpha value is -2.18. The third-order valence-electron chi connectivity index (χ3n) is 3.82. The maximum atomic E-state index is 5.48. The zero-order valence-corrected chi connectivity index (χ0v) is 15.1. The van der Waals surface area contributed by atoms with Gasteiger partial charge in [0.05, 0.1) is 13.7 Å². The highest BCUT2D eigenvalue weighted by Gasteiger charge is 2.09. The molecule has 2 aromatic heterocycles. The molecule has 0 saturated carbocycles. The Morgan fingerprint density at radius 2 is 2.08 bits per heavy atom. The van der Waals surface area contributed by atoms with Crippen LogP contribution in [0.15, 0.2) is 43.0 Å². The maximum Gasteiger partial charge on any atom is 0.137 e. The van der Waals surface area contributed by atoms with Gasteiger partial charge in [0.15, 0.2) is 0 Å². The number of benzene rings is 1. The fourth-order valence-corrected chi connectivity index (χ4v) is 3.72. The monoisotopic (exact) mass is 342 g/mol. The largest absolute Gasteiger partial charge is 0.496 e. The van der Waals surface area contributed by atoms with Gasteiger partial charge in [-0.25, -0.2) is 9.67 Å². The van der Waals surface area contributed by atoms with Crippen LogP contribution >= 0.6 is 11.3 Å². The van der Waals surface area contributed by atoms with Gasteiger partial charge >= 0.3 is 0 Å². The van der Waals surface area contributed by atoms with Crippen LogP contribution in [-0.2, 0) is 19.6 Å². The zero-order chi connectivity index (χ0) is 16.9. The van der Waals surface area contributed by atoms with Gasteiger partial charge in [0.2, 0.25) is 0 Å². The lowest BCUT2D eigenvalue weighted by Crippen LogP contribution is -2.16. The summed E-state index contributed by atoms with van der Waals surface area (Å²) in [6.07, 6.45) is 3.27. The van der Waals surface area contributed by atoms with Gasteiger partial charge in [0.1, 0.15) is 18.4 Å². The Morgan fingerprint density at radius 1 is 1.21 bits per heavy atom. The summed E-state index contributed by atoms with van der Waals surface area (Å²) in [5, 5.41) is 4.18. The molecular formula is C18H22N4OS. The van der Waals surface area contributed by atoms with Crippen molar-refractivity contribution in [2.24, 2.45) is 0 Å². The summed E-state index contributed by atoms with van der Waals surface area (Å²) in [6, 6.07) is 10.7. The molecule has 0 unspecified atom stereocenters. The second-order valence-electron chi connectivity index (χ2n) is 5.92. The molecule has 0 aliphatic carbocycles. The molecule has 0 spiro atoms. The Kier molecular flexibility index (Phi) is 5.27. The SMILES string of the molecule is COc1ccc(CN(C)Cc2ccc(C)s2)cc1Cn1cncn1. The lowest BCUT2D eigenvalue weighted by atomic mass is 10.1. The molecule has 3 rings (SSSR count). The van der Waals surface area contributed by atoms with Crippen molar-refractivity contribution < 1.29 is 4.74 Å². The summed E-state index contributed by atoms with van der Waals surface area (Å²) in [7, 11) is 3.85. The van der Waals surface area contributed by atoms with Crippen LogP contribution < -0.4 is 4.74 Å². The van der Waals surface area contributed by atoms with Crippen molar-refractivity contribution in [1.82, 2.24) is 19.7 Å². The molecule has 126 valence electrons. The van der Waals surface area contributed by atoms with Crippen LogP contribution in [0.4, 0.5) is 0 Å². The predicted octanol–water partition coefficient (Wildman–Crippen LogP) is 3.34. The van der Waals surface area contributed by atoms with E-state index in [0.29, 0.717) is 6.54 Å². The van der Waals surface area contributed by atoms with Gasteiger partial charge in [-0.05, 0) is 43.8 Å². The van der Waals surface area contributed by atoms with Gasteiger partial charge in [0.25, 0.3) is 0 Å². The first-order valence-electron chi connectivity index (χ1n) is 7.86. The van der Waals surface area contributed by atoms with E-state index in [-0.39, 0.29) is 0 Å². The summed E-state index contributed by atoms with van der Waals surface area (Å²) in [6.45, 7) is 4.66. The summed E-state index contributed by atoms with van der Waals surface area (Å²) < 4.78 is 7.28. The van der Waals surface area contributed by atoms with E-state index < -0.39 is 0 Å². The Balaban J connectivity index is 1.70. The third kappa shape index (κ3) is 4.21.